The molecule has 2 aromatic rings. The Kier molecular flexibility index (Phi) is 2.62. The van der Waals surface area contributed by atoms with Crippen molar-refractivity contribution in [3.63, 3.8) is 0 Å². The van der Waals surface area contributed by atoms with Gasteiger partial charge in [0, 0.05) is 17.8 Å². The van der Waals surface area contributed by atoms with E-state index < -0.39 is 11.9 Å². The van der Waals surface area contributed by atoms with Gasteiger partial charge >= 0.3 is 5.97 Å². The molecule has 1 saturated carbocycles. The lowest BCUT2D eigenvalue weighted by molar-refractivity contribution is -0.138. The highest BCUT2D eigenvalue weighted by atomic mass is 16.4. The Balaban J connectivity index is 2.01. The van der Waals surface area contributed by atoms with E-state index in [1.807, 2.05) is 12.1 Å². The Bertz CT molecular complexity index is 596. The van der Waals surface area contributed by atoms with Crippen molar-refractivity contribution in [1.29, 1.82) is 0 Å². The SMILES string of the molecule is CC(C(=O)O)c1ccc2c(ccn2C2CCC2)c1. The molecule has 1 atom stereocenters. The van der Waals surface area contributed by atoms with Crippen molar-refractivity contribution in [3.8, 4) is 0 Å². The first-order valence-corrected chi connectivity index (χ1v) is 6.50. The second-order valence-corrected chi connectivity index (χ2v) is 5.19. The number of hydrogen-bond donors (Lipinski definition) is 1. The predicted molar refractivity (Wildman–Crippen MR) is 70.9 cm³/mol. The summed E-state index contributed by atoms with van der Waals surface area (Å²) in [4.78, 5) is 11.0. The first-order valence-electron chi connectivity index (χ1n) is 6.50. The second kappa shape index (κ2) is 4.16. The molecule has 18 heavy (non-hydrogen) atoms. The molecule has 1 unspecified atom stereocenters. The third-order valence-corrected chi connectivity index (χ3v) is 4.08. The number of aliphatic carboxylic acids is 1. The largest absolute Gasteiger partial charge is 0.481 e. The van der Waals surface area contributed by atoms with Crippen LogP contribution < -0.4 is 0 Å². The molecule has 0 spiro atoms. The van der Waals surface area contributed by atoms with E-state index in [1.54, 1.807) is 6.92 Å². The molecule has 94 valence electrons. The minimum Gasteiger partial charge on any atom is -0.481 e. The summed E-state index contributed by atoms with van der Waals surface area (Å²) in [5.74, 6) is -1.21. The van der Waals surface area contributed by atoms with E-state index in [0.29, 0.717) is 6.04 Å². The van der Waals surface area contributed by atoms with Gasteiger partial charge in [-0.05, 0) is 55.3 Å². The van der Waals surface area contributed by atoms with Crippen LogP contribution in [0.3, 0.4) is 0 Å². The van der Waals surface area contributed by atoms with Crippen LogP contribution in [-0.2, 0) is 4.79 Å². The topological polar surface area (TPSA) is 42.2 Å². The van der Waals surface area contributed by atoms with Gasteiger partial charge in [-0.2, -0.15) is 0 Å². The molecule has 3 nitrogen and oxygen atoms in total. The number of fused-ring (bicyclic) bond motifs is 1. The zero-order valence-electron chi connectivity index (χ0n) is 10.5. The highest BCUT2D eigenvalue weighted by Crippen LogP contribution is 2.35. The molecule has 0 radical (unpaired) electrons. The number of carboxylic acid groups (broad SMARTS) is 1. The minimum absolute atomic E-state index is 0.443. The highest BCUT2D eigenvalue weighted by Gasteiger charge is 2.21. The van der Waals surface area contributed by atoms with Crippen LogP contribution in [0.4, 0.5) is 0 Å². The van der Waals surface area contributed by atoms with Gasteiger partial charge in [0.05, 0.1) is 5.92 Å². The minimum atomic E-state index is -0.771. The first-order chi connectivity index (χ1) is 8.66. The summed E-state index contributed by atoms with van der Waals surface area (Å²) < 4.78 is 2.33. The summed E-state index contributed by atoms with van der Waals surface area (Å²) in [5.41, 5.74) is 2.10. The third-order valence-electron chi connectivity index (χ3n) is 4.08. The molecule has 3 heteroatoms. The van der Waals surface area contributed by atoms with Gasteiger partial charge in [0.1, 0.15) is 0 Å². The molecule has 3 rings (SSSR count). The lowest BCUT2D eigenvalue weighted by Gasteiger charge is -2.28. The van der Waals surface area contributed by atoms with Crippen LogP contribution in [-0.4, -0.2) is 15.6 Å². The van der Waals surface area contributed by atoms with Crippen LogP contribution in [0.1, 0.15) is 43.7 Å². The highest BCUT2D eigenvalue weighted by molar-refractivity contribution is 5.84. The van der Waals surface area contributed by atoms with E-state index in [9.17, 15) is 4.79 Å². The lowest BCUT2D eigenvalue weighted by atomic mass is 9.92. The number of aromatic nitrogens is 1. The molecule has 1 N–H and O–H groups in total. The van der Waals surface area contributed by atoms with Gasteiger partial charge in [-0.25, -0.2) is 0 Å². The molecule has 1 heterocycles. The summed E-state index contributed by atoms with van der Waals surface area (Å²) >= 11 is 0. The number of nitrogens with zero attached hydrogens (tertiary/aromatic N) is 1. The summed E-state index contributed by atoms with van der Waals surface area (Å²) in [6, 6.07) is 8.73. The van der Waals surface area contributed by atoms with E-state index in [4.69, 9.17) is 5.11 Å². The van der Waals surface area contributed by atoms with Crippen LogP contribution in [0.2, 0.25) is 0 Å². The van der Waals surface area contributed by atoms with Crippen molar-refractivity contribution in [1.82, 2.24) is 4.57 Å². The number of carbonyl (C=O) groups is 1. The zero-order valence-corrected chi connectivity index (χ0v) is 10.5. The van der Waals surface area contributed by atoms with Crippen molar-refractivity contribution in [2.24, 2.45) is 0 Å². The Labute approximate surface area is 106 Å². The average Bonchev–Trinajstić information content (AvgIpc) is 2.69. The predicted octanol–water partition coefficient (Wildman–Crippen LogP) is 3.55. The van der Waals surface area contributed by atoms with Gasteiger partial charge < -0.3 is 9.67 Å². The van der Waals surface area contributed by atoms with Crippen molar-refractivity contribution < 1.29 is 9.90 Å². The number of rotatable bonds is 3. The van der Waals surface area contributed by atoms with Crippen molar-refractivity contribution in [3.05, 3.63) is 36.0 Å². The molecular formula is C15H17NO2. The molecule has 1 fully saturated rings. The Hall–Kier alpha value is -1.77. The molecule has 0 aliphatic heterocycles. The van der Waals surface area contributed by atoms with Crippen molar-refractivity contribution >= 4 is 16.9 Å². The molecule has 0 amide bonds. The number of carboxylic acids is 1. The van der Waals surface area contributed by atoms with Crippen LogP contribution in [0.5, 0.6) is 0 Å². The van der Waals surface area contributed by atoms with Crippen molar-refractivity contribution in [2.45, 2.75) is 38.1 Å². The molecule has 1 aromatic carbocycles. The van der Waals surface area contributed by atoms with E-state index >= 15 is 0 Å². The maximum absolute atomic E-state index is 11.0. The number of benzene rings is 1. The van der Waals surface area contributed by atoms with Crippen LogP contribution in [0.15, 0.2) is 30.5 Å². The fraction of sp³-hybridized carbons (Fsp3) is 0.400. The van der Waals surface area contributed by atoms with E-state index in [1.165, 1.54) is 24.8 Å². The smallest absolute Gasteiger partial charge is 0.310 e. The van der Waals surface area contributed by atoms with E-state index in [-0.39, 0.29) is 0 Å². The standard InChI is InChI=1S/C15H17NO2/c1-10(15(17)18)11-5-6-14-12(9-11)7-8-16(14)13-3-2-4-13/h5-10,13H,2-4H2,1H3,(H,17,18). The summed E-state index contributed by atoms with van der Waals surface area (Å²) in [5, 5.41) is 10.2. The van der Waals surface area contributed by atoms with Gasteiger partial charge in [0.2, 0.25) is 0 Å². The maximum Gasteiger partial charge on any atom is 0.310 e. The average molecular weight is 243 g/mol. The molecule has 1 aromatic heterocycles. The normalized spacial score (nSPS) is 17.6. The lowest BCUT2D eigenvalue weighted by Crippen LogP contribution is -2.15. The quantitative estimate of drug-likeness (QED) is 0.895. The summed E-state index contributed by atoms with van der Waals surface area (Å²) in [6.07, 6.45) is 5.97. The van der Waals surface area contributed by atoms with E-state index in [0.717, 1.165) is 10.9 Å². The fourth-order valence-electron chi connectivity index (χ4n) is 2.58. The fourth-order valence-corrected chi connectivity index (χ4v) is 2.58. The second-order valence-electron chi connectivity index (χ2n) is 5.19. The van der Waals surface area contributed by atoms with E-state index in [2.05, 4.69) is 22.9 Å². The van der Waals surface area contributed by atoms with Gasteiger partial charge in [0.15, 0.2) is 0 Å². The molecule has 1 aliphatic carbocycles. The Morgan fingerprint density at radius 1 is 1.39 bits per heavy atom. The Morgan fingerprint density at radius 2 is 2.17 bits per heavy atom. The Morgan fingerprint density at radius 3 is 2.78 bits per heavy atom. The maximum atomic E-state index is 11.0. The molecule has 0 saturated heterocycles. The molecular weight excluding hydrogens is 226 g/mol. The van der Waals surface area contributed by atoms with Gasteiger partial charge in [0.25, 0.3) is 0 Å². The third kappa shape index (κ3) is 1.70. The van der Waals surface area contributed by atoms with Crippen LogP contribution in [0.25, 0.3) is 10.9 Å². The summed E-state index contributed by atoms with van der Waals surface area (Å²) in [6.45, 7) is 1.73. The monoisotopic (exact) mass is 243 g/mol. The van der Waals surface area contributed by atoms with Gasteiger partial charge in [-0.15, -0.1) is 0 Å². The van der Waals surface area contributed by atoms with Crippen LogP contribution >= 0.6 is 0 Å². The number of hydrogen-bond acceptors (Lipinski definition) is 1. The zero-order chi connectivity index (χ0) is 12.7. The van der Waals surface area contributed by atoms with Crippen LogP contribution in [0, 0.1) is 0 Å². The van der Waals surface area contributed by atoms with Crippen molar-refractivity contribution in [2.75, 3.05) is 0 Å². The summed E-state index contributed by atoms with van der Waals surface area (Å²) in [7, 11) is 0. The van der Waals surface area contributed by atoms with Gasteiger partial charge in [-0.1, -0.05) is 6.07 Å². The van der Waals surface area contributed by atoms with Gasteiger partial charge in [-0.3, -0.25) is 4.79 Å². The first kappa shape index (κ1) is 11.3. The molecule has 0 bridgehead atoms. The molecule has 1 aliphatic rings.